The van der Waals surface area contributed by atoms with Crippen LogP contribution in [0.5, 0.6) is 0 Å². The monoisotopic (exact) mass is 323 g/mol. The van der Waals surface area contributed by atoms with Gasteiger partial charge in [0.2, 0.25) is 11.8 Å². The van der Waals surface area contributed by atoms with E-state index in [9.17, 15) is 0 Å². The van der Waals surface area contributed by atoms with Crippen LogP contribution < -0.4 is 10.2 Å². The number of fused-ring (bicyclic) bond motifs is 1. The molecule has 2 fully saturated rings. The average molecular weight is 323 g/mol. The van der Waals surface area contributed by atoms with Crippen molar-refractivity contribution in [3.63, 3.8) is 0 Å². The van der Waals surface area contributed by atoms with Crippen molar-refractivity contribution >= 4 is 11.6 Å². The summed E-state index contributed by atoms with van der Waals surface area (Å²) < 4.78 is 5.96. The van der Waals surface area contributed by atoms with Gasteiger partial charge in [-0.25, -0.2) is 19.9 Å². The normalized spacial score (nSPS) is 25.3. The molecule has 4 heterocycles. The molecule has 0 bridgehead atoms. The highest BCUT2D eigenvalue weighted by atomic mass is 16.5. The van der Waals surface area contributed by atoms with Crippen LogP contribution in [0.4, 0.5) is 11.6 Å². The van der Waals surface area contributed by atoms with Crippen LogP contribution in [0.2, 0.25) is 0 Å². The van der Waals surface area contributed by atoms with Crippen molar-refractivity contribution in [2.75, 3.05) is 36.5 Å². The SMILES string of the molecule is N#Cc1ncc(N2C[C@@H]3[C@@H](CNc4ncccn4)CO[C@@H]3C2)cn1. The van der Waals surface area contributed by atoms with Gasteiger partial charge in [-0.2, -0.15) is 5.26 Å². The van der Waals surface area contributed by atoms with Gasteiger partial charge < -0.3 is 15.0 Å². The standard InChI is InChI=1S/C16H17N7O/c17-4-15-20-6-12(7-21-15)23-8-13-11(10-24-14(13)9-23)5-22-16-18-2-1-3-19-16/h1-3,6-7,11,13-14H,5,8-10H2,(H,18,19,22)/t11-,13+,14+/m0/s1. The van der Waals surface area contributed by atoms with E-state index in [1.165, 1.54) is 0 Å². The lowest BCUT2D eigenvalue weighted by Crippen LogP contribution is -2.27. The van der Waals surface area contributed by atoms with Gasteiger partial charge in [-0.3, -0.25) is 0 Å². The maximum absolute atomic E-state index is 8.79. The number of rotatable bonds is 4. The third-order valence-electron chi connectivity index (χ3n) is 4.63. The molecule has 0 aliphatic carbocycles. The first-order valence-corrected chi connectivity index (χ1v) is 7.93. The predicted molar refractivity (Wildman–Crippen MR) is 86.2 cm³/mol. The first-order valence-electron chi connectivity index (χ1n) is 7.93. The summed E-state index contributed by atoms with van der Waals surface area (Å²) in [6.07, 6.45) is 7.09. The lowest BCUT2D eigenvalue weighted by atomic mass is 9.93. The highest BCUT2D eigenvalue weighted by Gasteiger charge is 2.43. The highest BCUT2D eigenvalue weighted by molar-refractivity contribution is 5.44. The number of anilines is 2. The fraction of sp³-hybridized carbons (Fsp3) is 0.438. The largest absolute Gasteiger partial charge is 0.376 e. The van der Waals surface area contributed by atoms with Gasteiger partial charge in [0.05, 0.1) is 30.8 Å². The van der Waals surface area contributed by atoms with Gasteiger partial charge >= 0.3 is 0 Å². The quantitative estimate of drug-likeness (QED) is 0.878. The Balaban J connectivity index is 1.38. The number of ether oxygens (including phenoxy) is 1. The van der Waals surface area contributed by atoms with Gasteiger partial charge in [-0.1, -0.05) is 0 Å². The van der Waals surface area contributed by atoms with E-state index in [0.717, 1.165) is 31.9 Å². The zero-order chi connectivity index (χ0) is 16.4. The Kier molecular flexibility index (Phi) is 3.92. The number of nitrogens with zero attached hydrogens (tertiary/aromatic N) is 6. The zero-order valence-corrected chi connectivity index (χ0v) is 13.0. The first kappa shape index (κ1) is 14.8. The molecular weight excluding hydrogens is 306 g/mol. The number of nitriles is 1. The van der Waals surface area contributed by atoms with Crippen molar-refractivity contribution in [1.29, 1.82) is 5.26 Å². The van der Waals surface area contributed by atoms with Crippen molar-refractivity contribution in [2.24, 2.45) is 11.8 Å². The van der Waals surface area contributed by atoms with E-state index in [0.29, 0.717) is 17.8 Å². The van der Waals surface area contributed by atoms with Crippen LogP contribution in [0.3, 0.4) is 0 Å². The molecule has 0 saturated carbocycles. The molecule has 8 nitrogen and oxygen atoms in total. The zero-order valence-electron chi connectivity index (χ0n) is 13.0. The van der Waals surface area contributed by atoms with Crippen molar-refractivity contribution in [1.82, 2.24) is 19.9 Å². The molecule has 2 aliphatic rings. The Hall–Kier alpha value is -2.79. The molecule has 24 heavy (non-hydrogen) atoms. The highest BCUT2D eigenvalue weighted by Crippen LogP contribution is 2.35. The van der Waals surface area contributed by atoms with Crippen LogP contribution in [0, 0.1) is 23.2 Å². The second kappa shape index (κ2) is 6.37. The smallest absolute Gasteiger partial charge is 0.232 e. The molecule has 2 aliphatic heterocycles. The number of hydrogen-bond acceptors (Lipinski definition) is 8. The topological polar surface area (TPSA) is 99.9 Å². The summed E-state index contributed by atoms with van der Waals surface area (Å²) in [7, 11) is 0. The van der Waals surface area contributed by atoms with Crippen LogP contribution in [0.25, 0.3) is 0 Å². The number of aromatic nitrogens is 4. The van der Waals surface area contributed by atoms with Crippen LogP contribution in [-0.4, -0.2) is 52.3 Å². The van der Waals surface area contributed by atoms with Crippen molar-refractivity contribution in [3.8, 4) is 6.07 Å². The molecule has 1 N–H and O–H groups in total. The van der Waals surface area contributed by atoms with E-state index in [-0.39, 0.29) is 11.9 Å². The lowest BCUT2D eigenvalue weighted by molar-refractivity contribution is 0.111. The maximum atomic E-state index is 8.79. The van der Waals surface area contributed by atoms with E-state index in [2.05, 4.69) is 30.2 Å². The van der Waals surface area contributed by atoms with Gasteiger partial charge in [-0.05, 0) is 6.07 Å². The molecule has 0 spiro atoms. The Labute approximate surface area is 139 Å². The second-order valence-corrected chi connectivity index (χ2v) is 6.03. The summed E-state index contributed by atoms with van der Waals surface area (Å²) in [6.45, 7) is 3.29. The summed E-state index contributed by atoms with van der Waals surface area (Å²) in [5, 5.41) is 12.1. The lowest BCUT2D eigenvalue weighted by Gasteiger charge is -2.21. The molecule has 0 amide bonds. The Bertz CT molecular complexity index is 730. The fourth-order valence-corrected chi connectivity index (χ4v) is 3.38. The minimum absolute atomic E-state index is 0.194. The number of nitrogens with one attached hydrogen (secondary N) is 1. The summed E-state index contributed by atoms with van der Waals surface area (Å²) >= 11 is 0. The summed E-state index contributed by atoms with van der Waals surface area (Å²) in [5.74, 6) is 1.72. The third-order valence-corrected chi connectivity index (χ3v) is 4.63. The minimum atomic E-state index is 0.194. The van der Waals surface area contributed by atoms with E-state index in [4.69, 9.17) is 10.00 Å². The van der Waals surface area contributed by atoms with E-state index < -0.39 is 0 Å². The molecular formula is C16H17N7O. The average Bonchev–Trinajstić information content (AvgIpc) is 3.22. The van der Waals surface area contributed by atoms with Gasteiger partial charge in [0.1, 0.15) is 6.07 Å². The van der Waals surface area contributed by atoms with Gasteiger partial charge in [-0.15, -0.1) is 0 Å². The molecule has 122 valence electrons. The van der Waals surface area contributed by atoms with Crippen LogP contribution in [-0.2, 0) is 4.74 Å². The van der Waals surface area contributed by atoms with E-state index >= 15 is 0 Å². The van der Waals surface area contributed by atoms with Crippen molar-refractivity contribution in [3.05, 3.63) is 36.7 Å². The minimum Gasteiger partial charge on any atom is -0.376 e. The van der Waals surface area contributed by atoms with Crippen LogP contribution >= 0.6 is 0 Å². The van der Waals surface area contributed by atoms with E-state index in [1.807, 2.05) is 6.07 Å². The third kappa shape index (κ3) is 2.86. The molecule has 8 heteroatoms. The predicted octanol–water partition coefficient (Wildman–Crippen LogP) is 0.702. The maximum Gasteiger partial charge on any atom is 0.232 e. The molecule has 2 aromatic heterocycles. The van der Waals surface area contributed by atoms with Gasteiger partial charge in [0.25, 0.3) is 0 Å². The Morgan fingerprint density at radius 1 is 1.21 bits per heavy atom. The summed E-state index contributed by atoms with van der Waals surface area (Å²) in [5.41, 5.74) is 0.935. The van der Waals surface area contributed by atoms with Crippen molar-refractivity contribution in [2.45, 2.75) is 6.10 Å². The van der Waals surface area contributed by atoms with Crippen LogP contribution in [0.15, 0.2) is 30.9 Å². The molecule has 3 atom stereocenters. The summed E-state index contributed by atoms with van der Waals surface area (Å²) in [6, 6.07) is 3.74. The molecule has 0 unspecified atom stereocenters. The van der Waals surface area contributed by atoms with Gasteiger partial charge in [0, 0.05) is 43.9 Å². The van der Waals surface area contributed by atoms with Gasteiger partial charge in [0.15, 0.2) is 0 Å². The van der Waals surface area contributed by atoms with E-state index in [1.54, 1.807) is 30.9 Å². The molecule has 4 rings (SSSR count). The molecule has 2 aromatic rings. The number of hydrogen-bond donors (Lipinski definition) is 1. The molecule has 0 aromatic carbocycles. The van der Waals surface area contributed by atoms with Crippen molar-refractivity contribution < 1.29 is 4.74 Å². The second-order valence-electron chi connectivity index (χ2n) is 6.03. The molecule has 2 saturated heterocycles. The Morgan fingerprint density at radius 2 is 2.00 bits per heavy atom. The van der Waals surface area contributed by atoms with Crippen LogP contribution in [0.1, 0.15) is 5.82 Å². The Morgan fingerprint density at radius 3 is 2.75 bits per heavy atom. The first-order chi connectivity index (χ1) is 11.8. The summed E-state index contributed by atoms with van der Waals surface area (Å²) in [4.78, 5) is 18.7. The molecule has 0 radical (unpaired) electrons. The fourth-order valence-electron chi connectivity index (χ4n) is 3.38.